The molecule has 404 valence electrons. The second-order valence-corrected chi connectivity index (χ2v) is 20.4. The van der Waals surface area contributed by atoms with Gasteiger partial charge in [-0.15, -0.1) is 12.4 Å². The zero-order valence-corrected chi connectivity index (χ0v) is 49.8. The van der Waals surface area contributed by atoms with Gasteiger partial charge >= 0.3 is 35.5 Å². The van der Waals surface area contributed by atoms with Crippen LogP contribution in [0.25, 0.3) is 5.69 Å². The van der Waals surface area contributed by atoms with Gasteiger partial charge in [0.25, 0.3) is 5.56 Å². The summed E-state index contributed by atoms with van der Waals surface area (Å²) in [5.41, 5.74) is 9.47. The number of anilines is 1. The Balaban J connectivity index is 0.000000297. The fraction of sp³-hybridized carbons (Fsp3) is 0.368. The predicted octanol–water partition coefficient (Wildman–Crippen LogP) is 1.90. The third kappa shape index (κ3) is 17.2. The number of primary amides is 1. The van der Waals surface area contributed by atoms with Crippen LogP contribution >= 0.6 is 12.4 Å². The molecule has 0 spiro atoms. The third-order valence-corrected chi connectivity index (χ3v) is 14.7. The number of hydrogen-bond acceptors (Lipinski definition) is 11. The minimum absolute atomic E-state index is 0. The van der Waals surface area contributed by atoms with E-state index >= 15 is 0 Å². The molecule has 1 aromatic heterocycles. The van der Waals surface area contributed by atoms with Crippen LogP contribution in [0.15, 0.2) is 144 Å². The van der Waals surface area contributed by atoms with Crippen molar-refractivity contribution in [3.8, 4) is 11.4 Å². The van der Waals surface area contributed by atoms with Crippen LogP contribution in [0.3, 0.4) is 0 Å². The summed E-state index contributed by atoms with van der Waals surface area (Å²) in [7, 11) is 2.28. The molecule has 0 aliphatic carbocycles. The van der Waals surface area contributed by atoms with Crippen molar-refractivity contribution in [2.75, 3.05) is 77.9 Å². The predicted molar refractivity (Wildman–Crippen MR) is 292 cm³/mol. The van der Waals surface area contributed by atoms with Crippen LogP contribution in [0.2, 0.25) is 0 Å². The molecule has 8 rings (SSSR count). The number of likely N-dealkylation sites (tertiary alicyclic amines) is 2. The molecular formula is C57H71BrClN6NaO9S. The zero-order chi connectivity index (χ0) is 52.6. The number of rotatable bonds is 17. The smallest absolute Gasteiger partial charge is 1.00 e. The number of quaternary nitrogens is 1. The first kappa shape index (κ1) is 65.2. The zero-order valence-electron chi connectivity index (χ0n) is 44.6. The number of benzene rings is 5. The molecule has 76 heavy (non-hydrogen) atoms. The quantitative estimate of drug-likeness (QED) is 0.0463. The number of hydrogen-bond donors (Lipinski definition) is 1. The number of nitrogens with zero attached hydrogens (tertiary/aromatic N) is 5. The molecule has 0 unspecified atom stereocenters. The Kier molecular flexibility index (Phi) is 26.4. The molecule has 0 radical (unpaired) electrons. The van der Waals surface area contributed by atoms with Gasteiger partial charge in [0.1, 0.15) is 39.5 Å². The number of aromatic nitrogens is 2. The minimum Gasteiger partial charge on any atom is -1.00 e. The molecule has 0 atom stereocenters. The molecule has 1 amide bonds. The Labute approximate surface area is 487 Å². The molecule has 2 aliphatic rings. The number of halogens is 2. The van der Waals surface area contributed by atoms with Crippen LogP contribution in [0.4, 0.5) is 5.69 Å². The van der Waals surface area contributed by atoms with Crippen molar-refractivity contribution in [1.82, 2.24) is 14.3 Å². The van der Waals surface area contributed by atoms with E-state index < -0.39 is 27.4 Å². The summed E-state index contributed by atoms with van der Waals surface area (Å²) in [6.07, 6.45) is 8.48. The SMILES string of the molecule is COC(=O)c1ccccc1C(=O)c1ccc(OCCN2CCCCC2)cc1.C[N+]1(CCC(C(N)=O)(c2ccccc2)c2ccccc2)CCCCC1.Cc1c(N(C)CS(=O)(=O)[O-])c(=O)n(-c2ccccc2)n1C.Cl.[Br-].[Na+]. The van der Waals surface area contributed by atoms with Crippen LogP contribution in [-0.4, -0.2) is 122 Å². The van der Waals surface area contributed by atoms with Crippen molar-refractivity contribution in [3.05, 3.63) is 183 Å². The largest absolute Gasteiger partial charge is 1.00 e. The van der Waals surface area contributed by atoms with E-state index in [4.69, 9.17) is 15.2 Å². The van der Waals surface area contributed by atoms with Gasteiger partial charge in [-0.1, -0.05) is 103 Å². The number of methoxy groups -OCH3 is 1. The normalized spacial score (nSPS) is 14.0. The molecule has 0 saturated carbocycles. The van der Waals surface area contributed by atoms with E-state index in [1.165, 1.54) is 75.4 Å². The standard InChI is InChI=1S/C22H28N2O.C22H25NO4.C13H17N3O4S.BrH.ClH.Na/c1-24(16-9-4-10-17-24)18-15-22(21(23)25,19-11-5-2-6-12-19)20-13-7-3-8-14-20;1-26-22(25)20-8-4-3-7-19(20)21(24)17-9-11-18(12-10-17)27-16-15-23-13-5-2-6-14-23;1-10-12(14(2)9-21(18,19)20)13(17)16(15(10)3)11-7-5-4-6-8-11;;;/h2-3,5-8,11-14H,4,9-10,15-18H2,1H3,(H-,23,25);3-4,7-12H,2,5-6,13-16H2,1H3;4-8H,9H2,1-3H3,(H,18,19,20);2*1H;/q;;;;;+1/p-1. The second kappa shape index (κ2) is 30.8. The van der Waals surface area contributed by atoms with E-state index in [9.17, 15) is 32.1 Å². The van der Waals surface area contributed by atoms with E-state index in [-0.39, 0.29) is 87.4 Å². The van der Waals surface area contributed by atoms with E-state index in [2.05, 4.69) is 11.9 Å². The maximum absolute atomic E-state index is 12.8. The summed E-state index contributed by atoms with van der Waals surface area (Å²) in [6, 6.07) is 42.8. The van der Waals surface area contributed by atoms with Crippen molar-refractivity contribution in [3.63, 3.8) is 0 Å². The van der Waals surface area contributed by atoms with Gasteiger partial charge in [0.15, 0.2) is 5.78 Å². The Hall–Kier alpha value is -5.08. The maximum atomic E-state index is 12.8. The van der Waals surface area contributed by atoms with E-state index in [0.717, 1.165) is 54.0 Å². The maximum Gasteiger partial charge on any atom is 1.00 e. The van der Waals surface area contributed by atoms with E-state index in [0.29, 0.717) is 29.1 Å². The molecule has 2 saturated heterocycles. The molecule has 6 aromatic rings. The molecule has 3 heterocycles. The van der Waals surface area contributed by atoms with Crippen molar-refractivity contribution in [1.29, 1.82) is 0 Å². The molecule has 2 fully saturated rings. The molecule has 15 nitrogen and oxygen atoms in total. The van der Waals surface area contributed by atoms with Crippen molar-refractivity contribution < 1.29 is 87.8 Å². The number of para-hydroxylation sites is 1. The molecule has 2 N–H and O–H groups in total. The number of ether oxygens (including phenoxy) is 2. The summed E-state index contributed by atoms with van der Waals surface area (Å²) in [5.74, 6) is -0.993. The van der Waals surface area contributed by atoms with Gasteiger partial charge in [-0.3, -0.25) is 24.0 Å². The van der Waals surface area contributed by atoms with Crippen LogP contribution in [0, 0.1) is 6.92 Å². The Morgan fingerprint density at radius 3 is 1.78 bits per heavy atom. The minimum atomic E-state index is -4.45. The van der Waals surface area contributed by atoms with Crippen LogP contribution in [-0.2, 0) is 32.1 Å². The molecule has 2 aliphatic heterocycles. The van der Waals surface area contributed by atoms with Crippen molar-refractivity contribution in [2.24, 2.45) is 12.8 Å². The Morgan fingerprint density at radius 2 is 1.26 bits per heavy atom. The molecule has 19 heteroatoms. The van der Waals surface area contributed by atoms with Gasteiger partial charge in [-0.25, -0.2) is 17.9 Å². The Bertz CT molecular complexity index is 2900. The first-order chi connectivity index (χ1) is 35.0. The van der Waals surface area contributed by atoms with Gasteiger partial charge in [0.05, 0.1) is 50.7 Å². The summed E-state index contributed by atoms with van der Waals surface area (Å²) < 4.78 is 47.3. The van der Waals surface area contributed by atoms with Gasteiger partial charge in [0.2, 0.25) is 5.91 Å². The number of carbonyl (C=O) groups excluding carboxylic acids is 3. The van der Waals surface area contributed by atoms with Crippen LogP contribution in [0.5, 0.6) is 5.75 Å². The van der Waals surface area contributed by atoms with Gasteiger partial charge < -0.3 is 46.1 Å². The monoisotopic (exact) mass is 1150 g/mol. The number of nitrogens with two attached hydrogens (primary N) is 1. The second-order valence-electron chi connectivity index (χ2n) is 19.0. The first-order valence-electron chi connectivity index (χ1n) is 24.9. The third-order valence-electron chi connectivity index (χ3n) is 14.0. The van der Waals surface area contributed by atoms with E-state index in [1.807, 2.05) is 66.7 Å². The topological polar surface area (TPSA) is 186 Å². The summed E-state index contributed by atoms with van der Waals surface area (Å²) in [4.78, 5) is 53.6. The average Bonchev–Trinajstić information content (AvgIpc) is 3.63. The number of amides is 1. The number of carbonyl (C=O) groups is 3. The Morgan fingerprint density at radius 1 is 0.763 bits per heavy atom. The average molecular weight is 1150 g/mol. The van der Waals surface area contributed by atoms with Gasteiger partial charge in [-0.05, 0) is 106 Å². The van der Waals surface area contributed by atoms with Crippen molar-refractivity contribution >= 4 is 45.9 Å². The molecule has 5 aromatic carbocycles. The van der Waals surface area contributed by atoms with Gasteiger partial charge in [-0.2, -0.15) is 0 Å². The fourth-order valence-corrected chi connectivity index (χ4v) is 10.4. The van der Waals surface area contributed by atoms with Crippen molar-refractivity contribution in [2.45, 2.75) is 57.3 Å². The summed E-state index contributed by atoms with van der Waals surface area (Å²) in [6.45, 7) is 8.91. The van der Waals surface area contributed by atoms with Crippen LogP contribution < -0.4 is 67.5 Å². The fourth-order valence-electron chi connectivity index (χ4n) is 9.84. The molecular weight excluding hydrogens is 1080 g/mol. The molecule has 0 bridgehead atoms. The number of ketones is 1. The number of piperidine rings is 2. The van der Waals surface area contributed by atoms with Gasteiger partial charge in [0, 0.05) is 38.2 Å². The summed E-state index contributed by atoms with van der Waals surface area (Å²) >= 11 is 0. The summed E-state index contributed by atoms with van der Waals surface area (Å²) in [5, 5.41) is 0. The van der Waals surface area contributed by atoms with E-state index in [1.54, 1.807) is 91.4 Å². The number of esters is 1. The first-order valence-corrected chi connectivity index (χ1v) is 26.5. The van der Waals surface area contributed by atoms with Crippen LogP contribution in [0.1, 0.15) is 88.0 Å².